The van der Waals surface area contributed by atoms with E-state index in [2.05, 4.69) is 32.9 Å². The molecular weight excluding hydrogens is 440 g/mol. The Kier molecular flexibility index (Phi) is 7.70. The third-order valence-electron chi connectivity index (χ3n) is 5.21. The van der Waals surface area contributed by atoms with Gasteiger partial charge in [0.2, 0.25) is 0 Å². The Labute approximate surface area is 204 Å². The summed E-state index contributed by atoms with van der Waals surface area (Å²) in [6.07, 6.45) is 5.16. The van der Waals surface area contributed by atoms with E-state index in [-0.39, 0.29) is 0 Å². The van der Waals surface area contributed by atoms with Gasteiger partial charge in [0, 0.05) is 11.8 Å². The smallest absolute Gasteiger partial charge is 0.289 e. The molecule has 176 valence electrons. The lowest BCUT2D eigenvalue weighted by atomic mass is 10.1. The van der Waals surface area contributed by atoms with E-state index in [4.69, 9.17) is 9.47 Å². The number of H-pyrrole nitrogens is 1. The molecule has 0 radical (unpaired) electrons. The normalized spacial score (nSPS) is 11.1. The van der Waals surface area contributed by atoms with Gasteiger partial charge >= 0.3 is 0 Å². The average molecular weight is 467 g/mol. The first-order valence-corrected chi connectivity index (χ1v) is 11.1. The van der Waals surface area contributed by atoms with Crippen LogP contribution in [-0.2, 0) is 6.61 Å². The molecule has 0 bridgehead atoms. The van der Waals surface area contributed by atoms with Crippen LogP contribution in [-0.4, -0.2) is 29.4 Å². The number of rotatable bonds is 9. The Morgan fingerprint density at radius 1 is 1.03 bits per heavy atom. The summed E-state index contributed by atoms with van der Waals surface area (Å²) in [7, 11) is 1.59. The topological polar surface area (TPSA) is 88.6 Å². The van der Waals surface area contributed by atoms with Crippen LogP contribution >= 0.6 is 0 Å². The zero-order chi connectivity index (χ0) is 24.5. The highest BCUT2D eigenvalue weighted by molar-refractivity contribution is 5.94. The first-order valence-electron chi connectivity index (χ1n) is 11.1. The first kappa shape index (κ1) is 23.5. The molecule has 0 atom stereocenters. The third-order valence-corrected chi connectivity index (χ3v) is 5.21. The number of carbonyl (C=O) groups excluding carboxylic acids is 1. The number of benzene rings is 3. The maximum Gasteiger partial charge on any atom is 0.289 e. The van der Waals surface area contributed by atoms with E-state index in [1.54, 1.807) is 19.3 Å². The quantitative estimate of drug-likeness (QED) is 0.255. The Morgan fingerprint density at radius 2 is 1.83 bits per heavy atom. The minimum absolute atomic E-state index is 0.294. The number of nitrogens with zero attached hydrogens (tertiary/aromatic N) is 2. The fourth-order valence-electron chi connectivity index (χ4n) is 3.29. The molecule has 4 rings (SSSR count). The summed E-state index contributed by atoms with van der Waals surface area (Å²) in [5.74, 6) is 0.819. The summed E-state index contributed by atoms with van der Waals surface area (Å²) >= 11 is 0. The van der Waals surface area contributed by atoms with Crippen LogP contribution in [0.3, 0.4) is 0 Å². The zero-order valence-electron chi connectivity index (χ0n) is 19.6. The van der Waals surface area contributed by atoms with Gasteiger partial charge in [0.15, 0.2) is 11.5 Å². The van der Waals surface area contributed by atoms with Gasteiger partial charge in [0.1, 0.15) is 12.3 Å². The summed E-state index contributed by atoms with van der Waals surface area (Å²) in [6, 6.07) is 25.2. The van der Waals surface area contributed by atoms with Crippen molar-refractivity contribution in [2.24, 2.45) is 5.10 Å². The summed E-state index contributed by atoms with van der Waals surface area (Å²) in [5, 5.41) is 10.9. The van der Waals surface area contributed by atoms with E-state index >= 15 is 0 Å². The number of nitrogens with one attached hydrogen (secondary N) is 2. The number of ether oxygens (including phenoxy) is 2. The van der Waals surface area contributed by atoms with Crippen LogP contribution in [0, 0.1) is 6.92 Å². The molecule has 4 aromatic rings. The lowest BCUT2D eigenvalue weighted by molar-refractivity contribution is 0.0950. The molecule has 7 heteroatoms. The van der Waals surface area contributed by atoms with Gasteiger partial charge in [-0.25, -0.2) is 5.43 Å². The minimum atomic E-state index is -0.391. The van der Waals surface area contributed by atoms with E-state index in [1.165, 1.54) is 11.8 Å². The number of carbonyl (C=O) groups is 1. The number of amides is 1. The second-order valence-electron chi connectivity index (χ2n) is 7.80. The highest BCUT2D eigenvalue weighted by Gasteiger charge is 2.13. The first-order chi connectivity index (χ1) is 17.1. The third kappa shape index (κ3) is 6.45. The van der Waals surface area contributed by atoms with Gasteiger partial charge in [0.25, 0.3) is 5.91 Å². The molecule has 0 aliphatic rings. The number of hydrogen-bond donors (Lipinski definition) is 2. The molecule has 0 aliphatic carbocycles. The summed E-state index contributed by atoms with van der Waals surface area (Å²) in [5.41, 5.74) is 7.49. The SMILES string of the molecule is COc1cc(-c2cc(C(=O)N/N=C/C=C/c3ccccc3)[nH]n2)ccc1OCc1ccc(C)cc1. The molecule has 0 saturated carbocycles. The molecule has 0 fully saturated rings. The van der Waals surface area contributed by atoms with Gasteiger partial charge in [-0.2, -0.15) is 10.2 Å². The number of aryl methyl sites for hydroxylation is 1. The van der Waals surface area contributed by atoms with E-state index < -0.39 is 5.91 Å². The zero-order valence-corrected chi connectivity index (χ0v) is 19.6. The molecule has 0 aliphatic heterocycles. The number of methoxy groups -OCH3 is 1. The van der Waals surface area contributed by atoms with Crippen LogP contribution in [0.1, 0.15) is 27.2 Å². The molecule has 0 saturated heterocycles. The molecule has 0 spiro atoms. The van der Waals surface area contributed by atoms with Crippen LogP contribution in [0.2, 0.25) is 0 Å². The van der Waals surface area contributed by atoms with Crippen molar-refractivity contribution in [2.75, 3.05) is 7.11 Å². The number of hydrogen-bond acceptors (Lipinski definition) is 5. The average Bonchev–Trinajstić information content (AvgIpc) is 3.39. The molecular formula is C28H26N4O3. The van der Waals surface area contributed by atoms with E-state index in [0.717, 1.165) is 16.7 Å². The fourth-order valence-corrected chi connectivity index (χ4v) is 3.29. The van der Waals surface area contributed by atoms with Crippen molar-refractivity contribution in [3.8, 4) is 22.8 Å². The maximum absolute atomic E-state index is 12.4. The van der Waals surface area contributed by atoms with Crippen molar-refractivity contribution < 1.29 is 14.3 Å². The summed E-state index contributed by atoms with van der Waals surface area (Å²) < 4.78 is 11.5. The van der Waals surface area contributed by atoms with Crippen LogP contribution < -0.4 is 14.9 Å². The van der Waals surface area contributed by atoms with E-state index in [0.29, 0.717) is 29.5 Å². The fraction of sp³-hybridized carbons (Fsp3) is 0.107. The highest BCUT2D eigenvalue weighted by atomic mass is 16.5. The lowest BCUT2D eigenvalue weighted by Crippen LogP contribution is -2.17. The molecule has 2 N–H and O–H groups in total. The van der Waals surface area contributed by atoms with E-state index in [1.807, 2.05) is 73.7 Å². The predicted molar refractivity (Wildman–Crippen MR) is 138 cm³/mol. The second kappa shape index (κ2) is 11.5. The molecule has 7 nitrogen and oxygen atoms in total. The molecule has 1 aromatic heterocycles. The Bertz CT molecular complexity index is 1330. The van der Waals surface area contributed by atoms with Crippen LogP contribution in [0.25, 0.3) is 17.3 Å². The van der Waals surface area contributed by atoms with E-state index in [9.17, 15) is 4.79 Å². The number of hydrazone groups is 1. The van der Waals surface area contributed by atoms with Gasteiger partial charge in [-0.05, 0) is 48.4 Å². The van der Waals surface area contributed by atoms with Crippen molar-refractivity contribution in [3.63, 3.8) is 0 Å². The minimum Gasteiger partial charge on any atom is -0.493 e. The molecule has 0 unspecified atom stereocenters. The van der Waals surface area contributed by atoms with Crippen molar-refractivity contribution in [1.29, 1.82) is 0 Å². The van der Waals surface area contributed by atoms with Crippen LogP contribution in [0.4, 0.5) is 0 Å². The maximum atomic E-state index is 12.4. The molecule has 35 heavy (non-hydrogen) atoms. The van der Waals surface area contributed by atoms with Crippen LogP contribution in [0.5, 0.6) is 11.5 Å². The molecule has 1 amide bonds. The number of allylic oxidation sites excluding steroid dienone is 1. The Balaban J connectivity index is 1.37. The lowest BCUT2D eigenvalue weighted by Gasteiger charge is -2.12. The molecule has 3 aromatic carbocycles. The van der Waals surface area contributed by atoms with Gasteiger partial charge < -0.3 is 9.47 Å². The van der Waals surface area contributed by atoms with Gasteiger partial charge in [0.05, 0.1) is 12.8 Å². The largest absolute Gasteiger partial charge is 0.493 e. The second-order valence-corrected chi connectivity index (χ2v) is 7.80. The van der Waals surface area contributed by atoms with Crippen molar-refractivity contribution in [3.05, 3.63) is 107 Å². The summed E-state index contributed by atoms with van der Waals surface area (Å²) in [4.78, 5) is 12.4. The van der Waals surface area contributed by atoms with Crippen molar-refractivity contribution in [1.82, 2.24) is 15.6 Å². The van der Waals surface area contributed by atoms with Crippen LogP contribution in [0.15, 0.2) is 90.0 Å². The van der Waals surface area contributed by atoms with Crippen molar-refractivity contribution in [2.45, 2.75) is 13.5 Å². The monoisotopic (exact) mass is 466 g/mol. The van der Waals surface area contributed by atoms with Crippen molar-refractivity contribution >= 4 is 18.2 Å². The Morgan fingerprint density at radius 3 is 2.60 bits per heavy atom. The standard InChI is InChI=1S/C28H26N4O3/c1-20-10-12-22(13-11-20)19-35-26-15-14-23(17-27(26)34-2)24-18-25(31-30-24)28(33)32-29-16-6-9-21-7-4-3-5-8-21/h3-18H,19H2,1-2H3,(H,30,31)(H,32,33)/b9-6+,29-16+. The van der Waals surface area contributed by atoms with Gasteiger partial charge in [-0.3, -0.25) is 9.89 Å². The molecule has 1 heterocycles. The van der Waals surface area contributed by atoms with Gasteiger partial charge in [-0.1, -0.05) is 66.2 Å². The highest BCUT2D eigenvalue weighted by Crippen LogP contribution is 2.32. The summed E-state index contributed by atoms with van der Waals surface area (Å²) in [6.45, 7) is 2.48. The van der Waals surface area contributed by atoms with Gasteiger partial charge in [-0.15, -0.1) is 0 Å². The number of aromatic amines is 1. The Hall–Kier alpha value is -4.65. The number of aromatic nitrogens is 2. The predicted octanol–water partition coefficient (Wildman–Crippen LogP) is 5.40.